The van der Waals surface area contributed by atoms with E-state index >= 15 is 0 Å². The number of fused-ring (bicyclic) bond motifs is 1. The molecule has 2 rings (SSSR count). The minimum Gasteiger partial charge on any atom is -0.465 e. The monoisotopic (exact) mass is 271 g/mol. The fraction of sp³-hybridized carbons (Fsp3) is 0.214. The average molecular weight is 271 g/mol. The summed E-state index contributed by atoms with van der Waals surface area (Å²) >= 11 is 0. The maximum atomic E-state index is 11.4. The molecule has 102 valence electrons. The van der Waals surface area contributed by atoms with Crippen molar-refractivity contribution in [3.63, 3.8) is 0 Å². The number of methoxy groups -OCH3 is 1. The first-order valence-electron chi connectivity index (χ1n) is 5.91. The maximum Gasteiger partial charge on any atom is 0.337 e. The van der Waals surface area contributed by atoms with Crippen LogP contribution in [0.1, 0.15) is 23.0 Å². The van der Waals surface area contributed by atoms with Gasteiger partial charge in [-0.05, 0) is 24.1 Å². The normalized spacial score (nSPS) is 9.70. The summed E-state index contributed by atoms with van der Waals surface area (Å²) in [7, 11) is 1.33. The van der Waals surface area contributed by atoms with Crippen molar-refractivity contribution >= 4 is 22.8 Å². The number of nitrogens with zero attached hydrogens (tertiary/aromatic N) is 1. The van der Waals surface area contributed by atoms with Crippen molar-refractivity contribution in [2.75, 3.05) is 13.7 Å². The van der Waals surface area contributed by atoms with Gasteiger partial charge in [-0.25, -0.2) is 4.79 Å². The fourth-order valence-corrected chi connectivity index (χ4v) is 1.65. The Bertz CT molecular complexity index is 722. The van der Waals surface area contributed by atoms with E-state index in [4.69, 9.17) is 0 Å². The molecular weight excluding hydrogens is 258 g/mol. The number of ether oxygens (including phenoxy) is 1. The van der Waals surface area contributed by atoms with Crippen LogP contribution in [0.25, 0.3) is 10.9 Å². The fourth-order valence-electron chi connectivity index (χ4n) is 1.65. The van der Waals surface area contributed by atoms with Gasteiger partial charge in [-0.3, -0.25) is 9.89 Å². The van der Waals surface area contributed by atoms with E-state index < -0.39 is 5.97 Å². The summed E-state index contributed by atoms with van der Waals surface area (Å²) in [6, 6.07) is 5.05. The third-order valence-corrected chi connectivity index (χ3v) is 2.62. The Morgan fingerprint density at radius 3 is 2.95 bits per heavy atom. The number of aromatic amines is 1. The third-order valence-electron chi connectivity index (χ3n) is 2.62. The first-order chi connectivity index (χ1) is 9.61. The number of esters is 1. The van der Waals surface area contributed by atoms with Gasteiger partial charge in [0.25, 0.3) is 0 Å². The van der Waals surface area contributed by atoms with E-state index in [9.17, 15) is 9.59 Å². The molecule has 0 atom stereocenters. The number of benzene rings is 1. The van der Waals surface area contributed by atoms with Gasteiger partial charge in [0.1, 0.15) is 5.69 Å². The molecule has 0 aliphatic rings. The predicted octanol–water partition coefficient (Wildman–Crippen LogP) is 0.837. The zero-order valence-electron chi connectivity index (χ0n) is 11.1. The van der Waals surface area contributed by atoms with Crippen LogP contribution in [0, 0.1) is 11.8 Å². The number of hydrogen-bond acceptors (Lipinski definition) is 4. The SMILES string of the molecule is COC(=O)c1ccc2c(C#CCNC(C)=O)[nH]nc2c1. The molecule has 6 heteroatoms. The van der Waals surface area contributed by atoms with Crippen LogP contribution in [-0.2, 0) is 9.53 Å². The van der Waals surface area contributed by atoms with Crippen molar-refractivity contribution < 1.29 is 14.3 Å². The summed E-state index contributed by atoms with van der Waals surface area (Å²) < 4.78 is 4.65. The lowest BCUT2D eigenvalue weighted by Crippen LogP contribution is -2.19. The minimum atomic E-state index is -0.409. The second-order valence-corrected chi connectivity index (χ2v) is 4.03. The number of amides is 1. The van der Waals surface area contributed by atoms with Crippen molar-refractivity contribution in [1.82, 2.24) is 15.5 Å². The van der Waals surface area contributed by atoms with Gasteiger partial charge in [0.15, 0.2) is 0 Å². The molecule has 0 saturated heterocycles. The van der Waals surface area contributed by atoms with Crippen LogP contribution in [0.2, 0.25) is 0 Å². The quantitative estimate of drug-likeness (QED) is 0.626. The van der Waals surface area contributed by atoms with Crippen LogP contribution in [0.3, 0.4) is 0 Å². The van der Waals surface area contributed by atoms with Crippen LogP contribution >= 0.6 is 0 Å². The summed E-state index contributed by atoms with van der Waals surface area (Å²) in [4.78, 5) is 22.1. The topological polar surface area (TPSA) is 84.1 Å². The molecule has 0 aliphatic heterocycles. The summed E-state index contributed by atoms with van der Waals surface area (Å²) in [6.45, 7) is 1.71. The standard InChI is InChI=1S/C14H13N3O3/c1-9(18)15-7-3-4-12-11-6-5-10(14(19)20-2)8-13(11)17-16-12/h5-6,8H,7H2,1-2H3,(H,15,18)(H,16,17). The summed E-state index contributed by atoms with van der Waals surface area (Å²) in [5, 5.41) is 10.3. The largest absolute Gasteiger partial charge is 0.465 e. The molecule has 1 aromatic heterocycles. The second-order valence-electron chi connectivity index (χ2n) is 4.03. The first kappa shape index (κ1) is 13.6. The van der Waals surface area contributed by atoms with Crippen molar-refractivity contribution in [2.45, 2.75) is 6.92 Å². The Morgan fingerprint density at radius 1 is 1.45 bits per heavy atom. The molecule has 1 amide bonds. The molecule has 2 N–H and O–H groups in total. The summed E-state index contributed by atoms with van der Waals surface area (Å²) in [5.41, 5.74) is 1.71. The van der Waals surface area contributed by atoms with Gasteiger partial charge in [0, 0.05) is 12.3 Å². The van der Waals surface area contributed by atoms with E-state index in [1.54, 1.807) is 18.2 Å². The number of aromatic nitrogens is 2. The van der Waals surface area contributed by atoms with Crippen molar-refractivity contribution in [2.24, 2.45) is 0 Å². The Morgan fingerprint density at radius 2 is 2.25 bits per heavy atom. The van der Waals surface area contributed by atoms with Crippen molar-refractivity contribution in [3.8, 4) is 11.8 Å². The van der Waals surface area contributed by atoms with Crippen LogP contribution < -0.4 is 5.32 Å². The van der Waals surface area contributed by atoms with E-state index in [-0.39, 0.29) is 12.5 Å². The highest BCUT2D eigenvalue weighted by molar-refractivity contribution is 5.95. The van der Waals surface area contributed by atoms with Gasteiger partial charge in [-0.15, -0.1) is 0 Å². The smallest absolute Gasteiger partial charge is 0.337 e. The number of carbonyl (C=O) groups is 2. The molecule has 2 aromatic rings. The molecule has 0 radical (unpaired) electrons. The van der Waals surface area contributed by atoms with Crippen LogP contribution in [-0.4, -0.2) is 35.7 Å². The minimum absolute atomic E-state index is 0.128. The van der Waals surface area contributed by atoms with Crippen molar-refractivity contribution in [1.29, 1.82) is 0 Å². The van der Waals surface area contributed by atoms with E-state index in [2.05, 4.69) is 32.1 Å². The van der Waals surface area contributed by atoms with E-state index in [0.29, 0.717) is 16.8 Å². The molecule has 0 spiro atoms. The van der Waals surface area contributed by atoms with Crippen LogP contribution in [0.15, 0.2) is 18.2 Å². The molecule has 0 aliphatic carbocycles. The Balaban J connectivity index is 2.24. The Labute approximate surface area is 115 Å². The van der Waals surface area contributed by atoms with Gasteiger partial charge in [-0.1, -0.05) is 5.92 Å². The lowest BCUT2D eigenvalue weighted by Gasteiger charge is -1.97. The van der Waals surface area contributed by atoms with Crippen LogP contribution in [0.5, 0.6) is 0 Å². The zero-order valence-corrected chi connectivity index (χ0v) is 11.1. The molecule has 0 saturated carbocycles. The van der Waals surface area contributed by atoms with Crippen molar-refractivity contribution in [3.05, 3.63) is 29.5 Å². The Kier molecular flexibility index (Phi) is 4.01. The third kappa shape index (κ3) is 2.95. The summed E-state index contributed by atoms with van der Waals surface area (Å²) in [6.07, 6.45) is 0. The number of nitrogens with one attached hydrogen (secondary N) is 2. The molecule has 6 nitrogen and oxygen atoms in total. The molecular formula is C14H13N3O3. The highest BCUT2D eigenvalue weighted by atomic mass is 16.5. The van der Waals surface area contributed by atoms with Gasteiger partial charge in [0.05, 0.1) is 24.7 Å². The molecule has 1 heterocycles. The van der Waals surface area contributed by atoms with Gasteiger partial charge >= 0.3 is 5.97 Å². The highest BCUT2D eigenvalue weighted by Crippen LogP contribution is 2.17. The average Bonchev–Trinajstić information content (AvgIpc) is 2.84. The van der Waals surface area contributed by atoms with Gasteiger partial charge < -0.3 is 10.1 Å². The van der Waals surface area contributed by atoms with E-state index in [0.717, 1.165) is 5.39 Å². The van der Waals surface area contributed by atoms with Gasteiger partial charge in [0.2, 0.25) is 5.91 Å². The highest BCUT2D eigenvalue weighted by Gasteiger charge is 2.09. The predicted molar refractivity (Wildman–Crippen MR) is 73.0 cm³/mol. The molecule has 0 bridgehead atoms. The lowest BCUT2D eigenvalue weighted by molar-refractivity contribution is -0.118. The maximum absolute atomic E-state index is 11.4. The molecule has 0 fully saturated rings. The van der Waals surface area contributed by atoms with E-state index in [1.165, 1.54) is 14.0 Å². The van der Waals surface area contributed by atoms with E-state index in [1.807, 2.05) is 0 Å². The number of H-pyrrole nitrogens is 1. The second kappa shape index (κ2) is 5.89. The zero-order chi connectivity index (χ0) is 14.5. The number of hydrogen-bond donors (Lipinski definition) is 2. The summed E-state index contributed by atoms with van der Waals surface area (Å²) in [5.74, 6) is 5.16. The number of rotatable bonds is 2. The molecule has 1 aromatic carbocycles. The number of carbonyl (C=O) groups excluding carboxylic acids is 2. The molecule has 0 unspecified atom stereocenters. The first-order valence-corrected chi connectivity index (χ1v) is 5.91. The Hall–Kier alpha value is -2.81. The molecule has 20 heavy (non-hydrogen) atoms. The van der Waals surface area contributed by atoms with Gasteiger partial charge in [-0.2, -0.15) is 5.10 Å². The van der Waals surface area contributed by atoms with Crippen LogP contribution in [0.4, 0.5) is 0 Å². The lowest BCUT2D eigenvalue weighted by atomic mass is 10.1.